The summed E-state index contributed by atoms with van der Waals surface area (Å²) < 4.78 is 37.9. The highest BCUT2D eigenvalue weighted by molar-refractivity contribution is 4.82. The van der Waals surface area contributed by atoms with Crippen LogP contribution in [0.25, 0.3) is 0 Å². The van der Waals surface area contributed by atoms with Crippen LogP contribution in [0.15, 0.2) is 0 Å². The molecule has 0 aliphatic carbocycles. The van der Waals surface area contributed by atoms with Crippen molar-refractivity contribution < 1.29 is 13.2 Å². The van der Waals surface area contributed by atoms with E-state index in [1.54, 1.807) is 0 Å². The molecule has 0 saturated carbocycles. The van der Waals surface area contributed by atoms with Crippen LogP contribution in [0.5, 0.6) is 0 Å². The number of likely N-dealkylation sites (N-methyl/N-ethyl adjacent to an activating group) is 1. The summed E-state index contributed by atoms with van der Waals surface area (Å²) in [5.41, 5.74) is 0. The highest BCUT2D eigenvalue weighted by atomic mass is 19.4. The van der Waals surface area contributed by atoms with Gasteiger partial charge in [0.15, 0.2) is 0 Å². The first kappa shape index (κ1) is 13.8. The predicted octanol–water partition coefficient (Wildman–Crippen LogP) is 2.26. The van der Waals surface area contributed by atoms with Crippen LogP contribution in [0.1, 0.15) is 26.2 Å². The Bertz CT molecular complexity index is 206. The van der Waals surface area contributed by atoms with Gasteiger partial charge in [-0.1, -0.05) is 6.92 Å². The van der Waals surface area contributed by atoms with Crippen molar-refractivity contribution in [2.24, 2.45) is 5.92 Å². The Hall–Kier alpha value is -0.290. The van der Waals surface area contributed by atoms with Crippen molar-refractivity contribution in [3.8, 4) is 0 Å². The van der Waals surface area contributed by atoms with Gasteiger partial charge >= 0.3 is 6.18 Å². The standard InChI is InChI=1S/C11H21F3N2/c1-3-10(7-15-2)16-6-4-5-9(8-16)11(12,13)14/h9-10,15H,3-8H2,1-2H3. The van der Waals surface area contributed by atoms with Crippen LogP contribution in [0.2, 0.25) is 0 Å². The smallest absolute Gasteiger partial charge is 0.318 e. The predicted molar refractivity (Wildman–Crippen MR) is 58.4 cm³/mol. The maximum atomic E-state index is 12.6. The highest BCUT2D eigenvalue weighted by Crippen LogP contribution is 2.33. The lowest BCUT2D eigenvalue weighted by Crippen LogP contribution is -2.49. The Kier molecular flexibility index (Phi) is 5.05. The molecule has 0 aromatic heterocycles. The molecule has 1 heterocycles. The molecule has 1 aliphatic rings. The summed E-state index contributed by atoms with van der Waals surface area (Å²) in [7, 11) is 1.84. The van der Waals surface area contributed by atoms with Gasteiger partial charge < -0.3 is 5.32 Å². The van der Waals surface area contributed by atoms with Crippen LogP contribution in [0.4, 0.5) is 13.2 Å². The van der Waals surface area contributed by atoms with Crippen molar-refractivity contribution in [3.05, 3.63) is 0 Å². The van der Waals surface area contributed by atoms with Crippen LogP contribution in [0, 0.1) is 5.92 Å². The van der Waals surface area contributed by atoms with Crippen LogP contribution in [0.3, 0.4) is 0 Å². The molecule has 1 fully saturated rings. The summed E-state index contributed by atoms with van der Waals surface area (Å²) in [6.07, 6.45) is -2.19. The summed E-state index contributed by atoms with van der Waals surface area (Å²) in [5, 5.41) is 3.05. The third-order valence-corrected chi connectivity index (χ3v) is 3.34. The van der Waals surface area contributed by atoms with Gasteiger partial charge in [0, 0.05) is 19.1 Å². The lowest BCUT2D eigenvalue weighted by molar-refractivity contribution is -0.188. The van der Waals surface area contributed by atoms with Crippen molar-refractivity contribution in [3.63, 3.8) is 0 Å². The molecule has 1 saturated heterocycles. The zero-order valence-corrected chi connectivity index (χ0v) is 9.98. The van der Waals surface area contributed by atoms with Gasteiger partial charge in [-0.2, -0.15) is 13.2 Å². The van der Waals surface area contributed by atoms with Gasteiger partial charge in [0.2, 0.25) is 0 Å². The molecule has 0 bridgehead atoms. The molecule has 0 amide bonds. The monoisotopic (exact) mass is 238 g/mol. The second-order valence-corrected chi connectivity index (χ2v) is 4.50. The molecular weight excluding hydrogens is 217 g/mol. The topological polar surface area (TPSA) is 15.3 Å². The number of halogens is 3. The fourth-order valence-corrected chi connectivity index (χ4v) is 2.37. The maximum absolute atomic E-state index is 12.6. The Labute approximate surface area is 95.2 Å². The first-order chi connectivity index (χ1) is 7.49. The highest BCUT2D eigenvalue weighted by Gasteiger charge is 2.42. The third-order valence-electron chi connectivity index (χ3n) is 3.34. The molecule has 0 aromatic carbocycles. The van der Waals surface area contributed by atoms with Gasteiger partial charge in [0.1, 0.15) is 0 Å². The molecular formula is C11H21F3N2. The van der Waals surface area contributed by atoms with Crippen LogP contribution in [-0.2, 0) is 0 Å². The lowest BCUT2D eigenvalue weighted by Gasteiger charge is -2.38. The van der Waals surface area contributed by atoms with Gasteiger partial charge in [0.05, 0.1) is 5.92 Å². The van der Waals surface area contributed by atoms with E-state index in [0.717, 1.165) is 19.5 Å². The minimum absolute atomic E-state index is 0.170. The quantitative estimate of drug-likeness (QED) is 0.808. The van der Waals surface area contributed by atoms with E-state index in [1.807, 2.05) is 18.9 Å². The van der Waals surface area contributed by atoms with Crippen molar-refractivity contribution in [2.75, 3.05) is 26.7 Å². The second kappa shape index (κ2) is 5.87. The fourth-order valence-electron chi connectivity index (χ4n) is 2.37. The summed E-state index contributed by atoms with van der Waals surface area (Å²) in [5.74, 6) is -1.13. The molecule has 2 nitrogen and oxygen atoms in total. The SMILES string of the molecule is CCC(CNC)N1CCCC(C(F)(F)F)C1. The molecule has 2 unspecified atom stereocenters. The number of rotatable bonds is 4. The Morgan fingerprint density at radius 2 is 2.12 bits per heavy atom. The third kappa shape index (κ3) is 3.63. The minimum atomic E-state index is -4.03. The average Bonchev–Trinajstić information content (AvgIpc) is 2.25. The van der Waals surface area contributed by atoms with E-state index in [0.29, 0.717) is 6.42 Å². The van der Waals surface area contributed by atoms with Crippen molar-refractivity contribution in [1.29, 1.82) is 0 Å². The number of nitrogens with one attached hydrogen (secondary N) is 1. The minimum Gasteiger partial charge on any atom is -0.318 e. The molecule has 1 rings (SSSR count). The van der Waals surface area contributed by atoms with Crippen LogP contribution >= 0.6 is 0 Å². The van der Waals surface area contributed by atoms with E-state index < -0.39 is 12.1 Å². The Morgan fingerprint density at radius 1 is 1.44 bits per heavy atom. The van der Waals surface area contributed by atoms with Gasteiger partial charge in [-0.25, -0.2) is 0 Å². The Balaban J connectivity index is 2.55. The van der Waals surface area contributed by atoms with E-state index >= 15 is 0 Å². The first-order valence-corrected chi connectivity index (χ1v) is 5.94. The molecule has 16 heavy (non-hydrogen) atoms. The average molecular weight is 238 g/mol. The molecule has 5 heteroatoms. The number of alkyl halides is 3. The number of nitrogens with zero attached hydrogens (tertiary/aromatic N) is 1. The molecule has 2 atom stereocenters. The lowest BCUT2D eigenvalue weighted by atomic mass is 9.95. The van der Waals surface area contributed by atoms with E-state index in [4.69, 9.17) is 0 Å². The first-order valence-electron chi connectivity index (χ1n) is 5.94. The largest absolute Gasteiger partial charge is 0.393 e. The zero-order chi connectivity index (χ0) is 12.2. The number of hydrogen-bond donors (Lipinski definition) is 1. The summed E-state index contributed by atoms with van der Waals surface area (Å²) >= 11 is 0. The fraction of sp³-hybridized carbons (Fsp3) is 1.00. The van der Waals surface area contributed by atoms with Crippen molar-refractivity contribution in [2.45, 2.75) is 38.4 Å². The van der Waals surface area contributed by atoms with Crippen molar-refractivity contribution in [1.82, 2.24) is 10.2 Å². The van der Waals surface area contributed by atoms with Gasteiger partial charge in [-0.15, -0.1) is 0 Å². The van der Waals surface area contributed by atoms with E-state index in [1.165, 1.54) is 0 Å². The molecule has 1 N–H and O–H groups in total. The van der Waals surface area contributed by atoms with E-state index in [2.05, 4.69) is 5.32 Å². The normalized spacial score (nSPS) is 25.7. The zero-order valence-electron chi connectivity index (χ0n) is 9.98. The second-order valence-electron chi connectivity index (χ2n) is 4.50. The summed E-state index contributed by atoms with van der Waals surface area (Å²) in [6.45, 7) is 3.76. The molecule has 1 aliphatic heterocycles. The summed E-state index contributed by atoms with van der Waals surface area (Å²) in [6, 6.07) is 0.232. The maximum Gasteiger partial charge on any atom is 0.393 e. The van der Waals surface area contributed by atoms with E-state index in [-0.39, 0.29) is 19.0 Å². The van der Waals surface area contributed by atoms with Crippen LogP contribution < -0.4 is 5.32 Å². The van der Waals surface area contributed by atoms with Crippen LogP contribution in [-0.4, -0.2) is 43.8 Å². The number of piperidine rings is 1. The summed E-state index contributed by atoms with van der Waals surface area (Å²) in [4.78, 5) is 1.98. The molecule has 96 valence electrons. The van der Waals surface area contributed by atoms with E-state index in [9.17, 15) is 13.2 Å². The Morgan fingerprint density at radius 3 is 2.62 bits per heavy atom. The molecule has 0 aromatic rings. The molecule has 0 spiro atoms. The van der Waals surface area contributed by atoms with Gasteiger partial charge in [-0.05, 0) is 32.9 Å². The van der Waals surface area contributed by atoms with Gasteiger partial charge in [0.25, 0.3) is 0 Å². The van der Waals surface area contributed by atoms with Gasteiger partial charge in [-0.3, -0.25) is 4.90 Å². The number of hydrogen-bond acceptors (Lipinski definition) is 2. The molecule has 0 radical (unpaired) electrons. The number of likely N-dealkylation sites (tertiary alicyclic amines) is 1. The van der Waals surface area contributed by atoms with Crippen molar-refractivity contribution >= 4 is 0 Å².